The molecule has 0 saturated heterocycles. The highest BCUT2D eigenvalue weighted by Gasteiger charge is 2.26. The van der Waals surface area contributed by atoms with E-state index in [2.05, 4.69) is 0 Å². The molecular formula is C17H14O7. The van der Waals surface area contributed by atoms with Crippen LogP contribution in [0.2, 0.25) is 0 Å². The molecule has 0 fully saturated rings. The number of hydrogen-bond acceptors (Lipinski definition) is 5. The van der Waals surface area contributed by atoms with Crippen molar-refractivity contribution in [2.24, 2.45) is 0 Å². The molecule has 0 aliphatic rings. The van der Waals surface area contributed by atoms with Gasteiger partial charge in [-0.05, 0) is 30.3 Å². The summed E-state index contributed by atoms with van der Waals surface area (Å²) in [5, 5.41) is 17.6. The van der Waals surface area contributed by atoms with Crippen molar-refractivity contribution in [2.45, 2.75) is 12.5 Å². The quantitative estimate of drug-likeness (QED) is 0.751. The van der Waals surface area contributed by atoms with Crippen molar-refractivity contribution in [3.8, 4) is 11.5 Å². The fourth-order valence-corrected chi connectivity index (χ4v) is 1.85. The van der Waals surface area contributed by atoms with Crippen LogP contribution < -0.4 is 4.74 Å². The average molecular weight is 330 g/mol. The number of carboxylic acids is 2. The highest BCUT2D eigenvalue weighted by atomic mass is 16.6. The van der Waals surface area contributed by atoms with E-state index in [4.69, 9.17) is 19.7 Å². The van der Waals surface area contributed by atoms with E-state index in [1.54, 1.807) is 36.4 Å². The first-order chi connectivity index (χ1) is 11.5. The maximum absolute atomic E-state index is 12.0. The number of hydrogen-bond donors (Lipinski definition) is 2. The number of carbonyl (C=O) groups is 3. The van der Waals surface area contributed by atoms with Crippen LogP contribution in [0.25, 0.3) is 0 Å². The Kier molecular flexibility index (Phi) is 5.51. The van der Waals surface area contributed by atoms with Gasteiger partial charge in [-0.1, -0.05) is 24.3 Å². The van der Waals surface area contributed by atoms with Crippen LogP contribution in [-0.4, -0.2) is 34.2 Å². The Morgan fingerprint density at radius 3 is 2.21 bits per heavy atom. The van der Waals surface area contributed by atoms with Gasteiger partial charge in [0.15, 0.2) is 0 Å². The fraction of sp³-hybridized carbons (Fsp3) is 0.118. The van der Waals surface area contributed by atoms with Gasteiger partial charge in [-0.25, -0.2) is 9.59 Å². The first-order valence-corrected chi connectivity index (χ1v) is 6.94. The summed E-state index contributed by atoms with van der Waals surface area (Å²) in [5.74, 6) is -2.92. The monoisotopic (exact) mass is 330 g/mol. The number of carboxylic acid groups (broad SMARTS) is 2. The van der Waals surface area contributed by atoms with Crippen molar-refractivity contribution in [2.75, 3.05) is 0 Å². The molecule has 2 aromatic rings. The second-order valence-electron chi connectivity index (χ2n) is 4.77. The van der Waals surface area contributed by atoms with Gasteiger partial charge < -0.3 is 19.7 Å². The van der Waals surface area contributed by atoms with E-state index in [0.29, 0.717) is 11.5 Å². The third-order valence-electron chi connectivity index (χ3n) is 2.93. The van der Waals surface area contributed by atoms with Crippen molar-refractivity contribution in [3.63, 3.8) is 0 Å². The van der Waals surface area contributed by atoms with Gasteiger partial charge in [0.2, 0.25) is 6.10 Å². The second kappa shape index (κ2) is 7.77. The van der Waals surface area contributed by atoms with E-state index in [9.17, 15) is 14.4 Å². The lowest BCUT2D eigenvalue weighted by Crippen LogP contribution is -2.29. The molecule has 2 N–H and O–H groups in total. The van der Waals surface area contributed by atoms with Crippen LogP contribution in [0.3, 0.4) is 0 Å². The highest BCUT2D eigenvalue weighted by molar-refractivity contribution is 5.92. The molecule has 1 atom stereocenters. The number of rotatable bonds is 7. The minimum Gasteiger partial charge on any atom is -0.481 e. The predicted octanol–water partition coefficient (Wildman–Crippen LogP) is 2.56. The lowest BCUT2D eigenvalue weighted by atomic mass is 10.2. The van der Waals surface area contributed by atoms with Crippen LogP contribution in [0.15, 0.2) is 54.6 Å². The van der Waals surface area contributed by atoms with Gasteiger partial charge >= 0.3 is 17.9 Å². The standard InChI is InChI=1S/C17H14O7/c18-15(19)10-14(16(20)21)24-17(22)11-5-4-8-13(9-11)23-12-6-2-1-3-7-12/h1-9,14H,10H2,(H,18,19)(H,20,21). The molecule has 2 rings (SSSR count). The topological polar surface area (TPSA) is 110 Å². The van der Waals surface area contributed by atoms with Gasteiger partial charge in [0, 0.05) is 0 Å². The Labute approximate surface area is 137 Å². The Morgan fingerprint density at radius 1 is 0.917 bits per heavy atom. The van der Waals surface area contributed by atoms with Crippen molar-refractivity contribution < 1.29 is 34.1 Å². The molecule has 7 nitrogen and oxygen atoms in total. The van der Waals surface area contributed by atoms with Gasteiger partial charge in [-0.3, -0.25) is 4.79 Å². The largest absolute Gasteiger partial charge is 0.481 e. The number of ether oxygens (including phenoxy) is 2. The predicted molar refractivity (Wildman–Crippen MR) is 82.1 cm³/mol. The highest BCUT2D eigenvalue weighted by Crippen LogP contribution is 2.22. The third kappa shape index (κ3) is 4.84. The zero-order valence-corrected chi connectivity index (χ0v) is 12.4. The summed E-state index contributed by atoms with van der Waals surface area (Å²) in [4.78, 5) is 33.6. The molecule has 0 amide bonds. The summed E-state index contributed by atoms with van der Waals surface area (Å²) in [6.45, 7) is 0. The number of esters is 1. The molecular weight excluding hydrogens is 316 g/mol. The molecule has 0 spiro atoms. The van der Waals surface area contributed by atoms with E-state index >= 15 is 0 Å². The number of benzene rings is 2. The normalized spacial score (nSPS) is 11.3. The lowest BCUT2D eigenvalue weighted by Gasteiger charge is -2.12. The lowest BCUT2D eigenvalue weighted by molar-refractivity contribution is -0.153. The summed E-state index contributed by atoms with van der Waals surface area (Å²) in [7, 11) is 0. The van der Waals surface area contributed by atoms with Crippen LogP contribution in [0.1, 0.15) is 16.8 Å². The molecule has 0 aromatic heterocycles. The number of para-hydroxylation sites is 1. The third-order valence-corrected chi connectivity index (χ3v) is 2.93. The van der Waals surface area contributed by atoms with Gasteiger partial charge in [-0.15, -0.1) is 0 Å². The minimum absolute atomic E-state index is 0.0556. The molecule has 0 heterocycles. The SMILES string of the molecule is O=C(O)CC(OC(=O)c1cccc(Oc2ccccc2)c1)C(=O)O. The smallest absolute Gasteiger partial charge is 0.345 e. The van der Waals surface area contributed by atoms with Crippen LogP contribution in [0, 0.1) is 0 Å². The molecule has 7 heteroatoms. The molecule has 0 aliphatic carbocycles. The van der Waals surface area contributed by atoms with Crippen molar-refractivity contribution in [3.05, 3.63) is 60.2 Å². The van der Waals surface area contributed by atoms with Gasteiger partial charge in [-0.2, -0.15) is 0 Å². The Morgan fingerprint density at radius 2 is 1.58 bits per heavy atom. The molecule has 0 radical (unpaired) electrons. The summed E-state index contributed by atoms with van der Waals surface area (Å²) in [6, 6.07) is 14.8. The molecule has 0 bridgehead atoms. The second-order valence-corrected chi connectivity index (χ2v) is 4.77. The Bertz CT molecular complexity index is 740. The summed E-state index contributed by atoms with van der Waals surface area (Å²) in [6.07, 6.45) is -2.57. The van der Waals surface area contributed by atoms with Crippen LogP contribution in [0.5, 0.6) is 11.5 Å². The molecule has 2 aromatic carbocycles. The summed E-state index contributed by atoms with van der Waals surface area (Å²) < 4.78 is 10.3. The van der Waals surface area contributed by atoms with Crippen molar-refractivity contribution in [1.29, 1.82) is 0 Å². The van der Waals surface area contributed by atoms with E-state index < -0.39 is 30.4 Å². The van der Waals surface area contributed by atoms with Crippen LogP contribution >= 0.6 is 0 Å². The molecule has 24 heavy (non-hydrogen) atoms. The van der Waals surface area contributed by atoms with Crippen molar-refractivity contribution >= 4 is 17.9 Å². The zero-order valence-electron chi connectivity index (χ0n) is 12.4. The van der Waals surface area contributed by atoms with Crippen LogP contribution in [0.4, 0.5) is 0 Å². The van der Waals surface area contributed by atoms with E-state index in [0.717, 1.165) is 0 Å². The summed E-state index contributed by atoms with van der Waals surface area (Å²) in [5.41, 5.74) is 0.0556. The number of aliphatic carboxylic acids is 2. The average Bonchev–Trinajstić information content (AvgIpc) is 2.55. The number of carbonyl (C=O) groups excluding carboxylic acids is 1. The van der Waals surface area contributed by atoms with E-state index in [1.165, 1.54) is 12.1 Å². The molecule has 1 unspecified atom stereocenters. The van der Waals surface area contributed by atoms with Crippen molar-refractivity contribution in [1.82, 2.24) is 0 Å². The van der Waals surface area contributed by atoms with Gasteiger partial charge in [0.1, 0.15) is 11.5 Å². The van der Waals surface area contributed by atoms with Gasteiger partial charge in [0.05, 0.1) is 12.0 Å². The molecule has 0 aliphatic heterocycles. The Balaban J connectivity index is 2.10. The maximum Gasteiger partial charge on any atom is 0.345 e. The zero-order chi connectivity index (χ0) is 17.5. The maximum atomic E-state index is 12.0. The minimum atomic E-state index is -1.76. The van der Waals surface area contributed by atoms with E-state index in [1.807, 2.05) is 6.07 Å². The Hall–Kier alpha value is -3.35. The first kappa shape index (κ1) is 17.0. The molecule has 124 valence electrons. The molecule has 0 saturated carbocycles. The fourth-order valence-electron chi connectivity index (χ4n) is 1.85. The summed E-state index contributed by atoms with van der Waals surface area (Å²) >= 11 is 0. The van der Waals surface area contributed by atoms with Crippen LogP contribution in [-0.2, 0) is 14.3 Å². The first-order valence-electron chi connectivity index (χ1n) is 6.94. The van der Waals surface area contributed by atoms with E-state index in [-0.39, 0.29) is 5.56 Å². The van der Waals surface area contributed by atoms with Gasteiger partial charge in [0.25, 0.3) is 0 Å².